The Hall–Kier alpha value is -1.26. The van der Waals surface area contributed by atoms with Crippen LogP contribution in [0.3, 0.4) is 0 Å². The Balaban J connectivity index is 2.71. The third kappa shape index (κ3) is 4.20. The Labute approximate surface area is 113 Å². The number of amides is 1. The molecule has 1 amide bonds. The van der Waals surface area contributed by atoms with Gasteiger partial charge in [-0.25, -0.2) is 0 Å². The summed E-state index contributed by atoms with van der Waals surface area (Å²) in [4.78, 5) is 15.3. The molecule has 0 aliphatic heterocycles. The second-order valence-electron chi connectivity index (χ2n) is 4.44. The van der Waals surface area contributed by atoms with E-state index in [1.165, 1.54) is 0 Å². The molecule has 2 N–H and O–H groups in total. The van der Waals surface area contributed by atoms with E-state index < -0.39 is 0 Å². The van der Waals surface area contributed by atoms with Crippen LogP contribution in [0.15, 0.2) is 18.2 Å². The minimum Gasteiger partial charge on any atom is -0.399 e. The van der Waals surface area contributed by atoms with Gasteiger partial charge in [-0.3, -0.25) is 9.69 Å². The van der Waals surface area contributed by atoms with Crippen LogP contribution in [0.1, 0.15) is 12.5 Å². The Bertz CT molecular complexity index is 421. The van der Waals surface area contributed by atoms with Crippen molar-refractivity contribution < 1.29 is 4.79 Å². The lowest BCUT2D eigenvalue weighted by Gasteiger charge is -2.22. The molecular weight excluding hydrogens is 250 g/mol. The smallest absolute Gasteiger partial charge is 0.236 e. The number of hydrogen-bond donors (Lipinski definition) is 1. The number of carbonyl (C=O) groups is 1. The van der Waals surface area contributed by atoms with Gasteiger partial charge in [-0.1, -0.05) is 24.6 Å². The fourth-order valence-electron chi connectivity index (χ4n) is 1.54. The molecule has 0 radical (unpaired) electrons. The van der Waals surface area contributed by atoms with Gasteiger partial charge in [-0.15, -0.1) is 0 Å². The molecule has 0 atom stereocenters. The quantitative estimate of drug-likeness (QED) is 0.830. The Kier molecular flexibility index (Phi) is 5.44. The first-order valence-electron chi connectivity index (χ1n) is 5.90. The van der Waals surface area contributed by atoms with E-state index in [9.17, 15) is 4.79 Å². The van der Waals surface area contributed by atoms with E-state index in [0.29, 0.717) is 23.8 Å². The number of carbonyl (C=O) groups excluding carboxylic acids is 1. The molecule has 1 rings (SSSR count). The number of benzene rings is 1. The molecule has 1 aromatic carbocycles. The van der Waals surface area contributed by atoms with Gasteiger partial charge >= 0.3 is 0 Å². The van der Waals surface area contributed by atoms with E-state index in [-0.39, 0.29) is 5.91 Å². The molecule has 0 saturated heterocycles. The van der Waals surface area contributed by atoms with Crippen molar-refractivity contribution in [3.63, 3.8) is 0 Å². The third-order valence-corrected chi connectivity index (χ3v) is 3.13. The number of nitrogens with two attached hydrogens (primary N) is 1. The lowest BCUT2D eigenvalue weighted by Crippen LogP contribution is -2.36. The van der Waals surface area contributed by atoms with Crippen molar-refractivity contribution in [2.24, 2.45) is 0 Å². The van der Waals surface area contributed by atoms with Crippen molar-refractivity contribution in [2.75, 3.05) is 32.9 Å². The molecule has 0 saturated carbocycles. The van der Waals surface area contributed by atoms with Crippen LogP contribution in [0.4, 0.5) is 5.69 Å². The SMILES string of the molecule is CCN(CC(=O)N(C)C)Cc1ccc(N)cc1Cl. The summed E-state index contributed by atoms with van der Waals surface area (Å²) >= 11 is 6.13. The summed E-state index contributed by atoms with van der Waals surface area (Å²) in [6.45, 7) is 3.85. The third-order valence-electron chi connectivity index (χ3n) is 2.78. The second-order valence-corrected chi connectivity index (χ2v) is 4.85. The molecule has 4 nitrogen and oxygen atoms in total. The minimum absolute atomic E-state index is 0.0865. The summed E-state index contributed by atoms with van der Waals surface area (Å²) in [5.74, 6) is 0.0865. The van der Waals surface area contributed by atoms with Crippen molar-refractivity contribution >= 4 is 23.2 Å². The highest BCUT2D eigenvalue weighted by molar-refractivity contribution is 6.31. The van der Waals surface area contributed by atoms with Gasteiger partial charge in [-0.2, -0.15) is 0 Å². The van der Waals surface area contributed by atoms with Gasteiger partial charge in [0.2, 0.25) is 5.91 Å². The van der Waals surface area contributed by atoms with Crippen molar-refractivity contribution in [3.05, 3.63) is 28.8 Å². The predicted molar refractivity (Wildman–Crippen MR) is 75.5 cm³/mol. The number of anilines is 1. The van der Waals surface area contributed by atoms with Gasteiger partial charge in [0, 0.05) is 31.4 Å². The van der Waals surface area contributed by atoms with Crippen molar-refractivity contribution in [1.29, 1.82) is 0 Å². The molecule has 0 unspecified atom stereocenters. The van der Waals surface area contributed by atoms with Gasteiger partial charge in [0.15, 0.2) is 0 Å². The molecule has 0 aliphatic rings. The molecular formula is C13H20ClN3O. The highest BCUT2D eigenvalue weighted by Gasteiger charge is 2.12. The Morgan fingerprint density at radius 1 is 1.39 bits per heavy atom. The number of nitrogen functional groups attached to an aromatic ring is 1. The van der Waals surface area contributed by atoms with Crippen molar-refractivity contribution in [1.82, 2.24) is 9.80 Å². The van der Waals surface area contributed by atoms with Crippen LogP contribution in [-0.2, 0) is 11.3 Å². The second kappa shape index (κ2) is 6.61. The Morgan fingerprint density at radius 3 is 2.56 bits per heavy atom. The monoisotopic (exact) mass is 269 g/mol. The van der Waals surface area contributed by atoms with Crippen LogP contribution in [0.25, 0.3) is 0 Å². The zero-order valence-electron chi connectivity index (χ0n) is 11.1. The van der Waals surface area contributed by atoms with E-state index in [0.717, 1.165) is 12.1 Å². The van der Waals surface area contributed by atoms with Gasteiger partial charge in [0.05, 0.1) is 6.54 Å². The van der Waals surface area contributed by atoms with Crippen LogP contribution >= 0.6 is 11.6 Å². The van der Waals surface area contributed by atoms with E-state index in [2.05, 4.69) is 0 Å². The van der Waals surface area contributed by atoms with E-state index in [4.69, 9.17) is 17.3 Å². The molecule has 5 heteroatoms. The first kappa shape index (κ1) is 14.8. The molecule has 0 fully saturated rings. The lowest BCUT2D eigenvalue weighted by molar-refractivity contribution is -0.130. The first-order valence-corrected chi connectivity index (χ1v) is 6.28. The zero-order chi connectivity index (χ0) is 13.7. The van der Waals surface area contributed by atoms with Crippen LogP contribution in [0.5, 0.6) is 0 Å². The highest BCUT2D eigenvalue weighted by Crippen LogP contribution is 2.20. The summed E-state index contributed by atoms with van der Waals surface area (Å²) in [5.41, 5.74) is 7.29. The first-order chi connectivity index (χ1) is 8.43. The molecule has 0 bridgehead atoms. The number of nitrogens with zero attached hydrogens (tertiary/aromatic N) is 2. The fraction of sp³-hybridized carbons (Fsp3) is 0.462. The van der Waals surface area contributed by atoms with Crippen LogP contribution in [-0.4, -0.2) is 42.9 Å². The lowest BCUT2D eigenvalue weighted by atomic mass is 10.2. The van der Waals surface area contributed by atoms with E-state index >= 15 is 0 Å². The zero-order valence-corrected chi connectivity index (χ0v) is 11.9. The van der Waals surface area contributed by atoms with Gasteiger partial charge < -0.3 is 10.6 Å². The van der Waals surface area contributed by atoms with Crippen LogP contribution in [0, 0.1) is 0 Å². The largest absolute Gasteiger partial charge is 0.399 e. The van der Waals surface area contributed by atoms with Gasteiger partial charge in [-0.05, 0) is 24.2 Å². The summed E-state index contributed by atoms with van der Waals surface area (Å²) in [5, 5.41) is 0.644. The highest BCUT2D eigenvalue weighted by atomic mass is 35.5. The molecule has 0 spiro atoms. The summed E-state index contributed by atoms with van der Waals surface area (Å²) < 4.78 is 0. The molecule has 0 heterocycles. The number of hydrogen-bond acceptors (Lipinski definition) is 3. The number of rotatable bonds is 5. The Morgan fingerprint density at radius 2 is 2.06 bits per heavy atom. The maximum Gasteiger partial charge on any atom is 0.236 e. The number of halogens is 1. The number of likely N-dealkylation sites (N-methyl/N-ethyl adjacent to an activating group) is 2. The molecule has 0 aromatic heterocycles. The predicted octanol–water partition coefficient (Wildman–Crippen LogP) is 1.83. The van der Waals surface area contributed by atoms with Crippen molar-refractivity contribution in [2.45, 2.75) is 13.5 Å². The van der Waals surface area contributed by atoms with E-state index in [1.54, 1.807) is 25.1 Å². The van der Waals surface area contributed by atoms with Gasteiger partial charge in [0.25, 0.3) is 0 Å². The average Bonchev–Trinajstić information content (AvgIpc) is 2.31. The van der Waals surface area contributed by atoms with Crippen molar-refractivity contribution in [3.8, 4) is 0 Å². The topological polar surface area (TPSA) is 49.6 Å². The molecule has 100 valence electrons. The average molecular weight is 270 g/mol. The maximum absolute atomic E-state index is 11.7. The van der Waals surface area contributed by atoms with E-state index in [1.807, 2.05) is 24.0 Å². The summed E-state index contributed by atoms with van der Waals surface area (Å²) in [6.07, 6.45) is 0. The molecule has 18 heavy (non-hydrogen) atoms. The molecule has 0 aliphatic carbocycles. The maximum atomic E-state index is 11.7. The standard InChI is InChI=1S/C13H20ClN3O/c1-4-17(9-13(18)16(2)3)8-10-5-6-11(15)7-12(10)14/h5-7H,4,8-9,15H2,1-3H3. The van der Waals surface area contributed by atoms with Crippen LogP contribution in [0.2, 0.25) is 5.02 Å². The normalized spacial score (nSPS) is 10.7. The summed E-state index contributed by atoms with van der Waals surface area (Å²) in [6, 6.07) is 5.46. The minimum atomic E-state index is 0.0865. The van der Waals surface area contributed by atoms with Gasteiger partial charge in [0.1, 0.15) is 0 Å². The molecule has 1 aromatic rings. The van der Waals surface area contributed by atoms with Crippen LogP contribution < -0.4 is 5.73 Å². The fourth-order valence-corrected chi connectivity index (χ4v) is 1.79. The summed E-state index contributed by atoms with van der Waals surface area (Å²) in [7, 11) is 3.51.